The van der Waals surface area contributed by atoms with Crippen LogP contribution in [0, 0.1) is 0 Å². The van der Waals surface area contributed by atoms with Crippen LogP contribution in [0.3, 0.4) is 0 Å². The van der Waals surface area contributed by atoms with Gasteiger partial charge in [0.25, 0.3) is 0 Å². The van der Waals surface area contributed by atoms with Gasteiger partial charge in [-0.15, -0.1) is 5.10 Å². The molecule has 0 amide bonds. The van der Waals surface area contributed by atoms with E-state index in [0.29, 0.717) is 0 Å². The van der Waals surface area contributed by atoms with Crippen LogP contribution in [0.15, 0.2) is 5.38 Å². The molecule has 0 aliphatic rings. The van der Waals surface area contributed by atoms with Crippen molar-refractivity contribution in [2.24, 2.45) is 0 Å². The summed E-state index contributed by atoms with van der Waals surface area (Å²) in [5, 5.41) is 5.56. The van der Waals surface area contributed by atoms with E-state index in [0.717, 1.165) is 5.82 Å². The fourth-order valence-corrected chi connectivity index (χ4v) is 0.954. The van der Waals surface area contributed by atoms with E-state index in [1.807, 2.05) is 5.38 Å². The topological polar surface area (TPSA) is 29.0 Å². The predicted molar refractivity (Wildman–Crippen MR) is 37.3 cm³/mol. The SMILES string of the molecule is CN(S)c1csnn1. The molecule has 0 spiro atoms. The first-order valence-corrected chi connectivity index (χ1v) is 3.24. The van der Waals surface area contributed by atoms with Crippen molar-refractivity contribution in [3.8, 4) is 0 Å². The fourth-order valence-electron chi connectivity index (χ4n) is 0.301. The highest BCUT2D eigenvalue weighted by Gasteiger charge is 1.94. The third-order valence-corrected chi connectivity index (χ3v) is 1.38. The summed E-state index contributed by atoms with van der Waals surface area (Å²) in [7, 11) is 1.81. The molecule has 0 radical (unpaired) electrons. The van der Waals surface area contributed by atoms with E-state index in [9.17, 15) is 0 Å². The molecule has 0 aromatic carbocycles. The van der Waals surface area contributed by atoms with Gasteiger partial charge >= 0.3 is 0 Å². The van der Waals surface area contributed by atoms with E-state index in [4.69, 9.17) is 0 Å². The molecule has 0 saturated heterocycles. The van der Waals surface area contributed by atoms with E-state index in [-0.39, 0.29) is 0 Å². The Balaban J connectivity index is 2.77. The quantitative estimate of drug-likeness (QED) is 0.596. The normalized spacial score (nSPS) is 9.25. The summed E-state index contributed by atoms with van der Waals surface area (Å²) in [5.74, 6) is 0.790. The van der Waals surface area contributed by atoms with Crippen molar-refractivity contribution >= 4 is 30.2 Å². The minimum Gasteiger partial charge on any atom is -0.304 e. The summed E-state index contributed by atoms with van der Waals surface area (Å²) >= 11 is 5.31. The first kappa shape index (κ1) is 5.84. The summed E-state index contributed by atoms with van der Waals surface area (Å²) in [4.78, 5) is 0. The lowest BCUT2D eigenvalue weighted by Crippen LogP contribution is -2.00. The highest BCUT2D eigenvalue weighted by Crippen LogP contribution is 2.09. The molecule has 8 heavy (non-hydrogen) atoms. The van der Waals surface area contributed by atoms with Crippen molar-refractivity contribution in [2.45, 2.75) is 0 Å². The number of thiol groups is 1. The zero-order valence-corrected chi connectivity index (χ0v) is 5.99. The molecule has 0 atom stereocenters. The maximum Gasteiger partial charge on any atom is 0.173 e. The summed E-state index contributed by atoms with van der Waals surface area (Å²) in [6.45, 7) is 0. The summed E-state index contributed by atoms with van der Waals surface area (Å²) in [5.41, 5.74) is 0. The van der Waals surface area contributed by atoms with Gasteiger partial charge in [-0.3, -0.25) is 0 Å². The highest BCUT2D eigenvalue weighted by molar-refractivity contribution is 7.81. The van der Waals surface area contributed by atoms with Gasteiger partial charge in [-0.1, -0.05) is 17.3 Å². The van der Waals surface area contributed by atoms with Gasteiger partial charge in [0.1, 0.15) is 0 Å². The Morgan fingerprint density at radius 2 is 2.62 bits per heavy atom. The molecule has 1 aromatic rings. The molecule has 1 aromatic heterocycles. The number of aromatic nitrogens is 2. The minimum absolute atomic E-state index is 0.790. The molecule has 0 aliphatic carbocycles. The maximum atomic E-state index is 3.99. The molecule has 5 heteroatoms. The number of rotatable bonds is 1. The van der Waals surface area contributed by atoms with Crippen LogP contribution in [0.25, 0.3) is 0 Å². The van der Waals surface area contributed by atoms with Crippen LogP contribution in [0.1, 0.15) is 0 Å². The van der Waals surface area contributed by atoms with Gasteiger partial charge in [-0.25, -0.2) is 0 Å². The lowest BCUT2D eigenvalue weighted by molar-refractivity contribution is 1.12. The van der Waals surface area contributed by atoms with Crippen LogP contribution < -0.4 is 4.31 Å². The molecule has 1 rings (SSSR count). The summed E-state index contributed by atoms with van der Waals surface area (Å²) in [6.07, 6.45) is 0. The Kier molecular flexibility index (Phi) is 1.69. The minimum atomic E-state index is 0.790. The first-order valence-electron chi connectivity index (χ1n) is 2.00. The van der Waals surface area contributed by atoms with Gasteiger partial charge in [0.2, 0.25) is 0 Å². The molecule has 3 nitrogen and oxygen atoms in total. The van der Waals surface area contributed by atoms with E-state index in [1.54, 1.807) is 11.4 Å². The molecule has 0 unspecified atom stereocenters. The summed E-state index contributed by atoms with van der Waals surface area (Å²) < 4.78 is 5.26. The zero-order valence-electron chi connectivity index (χ0n) is 4.27. The Bertz CT molecular complexity index is 148. The number of hydrogen-bond donors (Lipinski definition) is 1. The average molecular weight is 147 g/mol. The Labute approximate surface area is 57.0 Å². The van der Waals surface area contributed by atoms with Gasteiger partial charge in [0.15, 0.2) is 5.82 Å². The highest BCUT2D eigenvalue weighted by atomic mass is 32.1. The molecular weight excluding hydrogens is 142 g/mol. The molecule has 1 heterocycles. The lowest BCUT2D eigenvalue weighted by atomic mass is 10.8. The Morgan fingerprint density at radius 1 is 1.88 bits per heavy atom. The van der Waals surface area contributed by atoms with Crippen LogP contribution >= 0.6 is 24.3 Å². The summed E-state index contributed by atoms with van der Waals surface area (Å²) in [6, 6.07) is 0. The standard InChI is InChI=1S/C3H5N3S2/c1-6(7)3-2-8-5-4-3/h2,7H,1H3. The van der Waals surface area contributed by atoms with Gasteiger partial charge in [0, 0.05) is 7.05 Å². The van der Waals surface area contributed by atoms with Crippen molar-refractivity contribution < 1.29 is 0 Å². The second kappa shape index (κ2) is 2.32. The van der Waals surface area contributed by atoms with Gasteiger partial charge in [-0.2, -0.15) is 0 Å². The smallest absolute Gasteiger partial charge is 0.173 e. The van der Waals surface area contributed by atoms with Crippen molar-refractivity contribution in [3.63, 3.8) is 0 Å². The zero-order chi connectivity index (χ0) is 5.98. The molecule has 0 aliphatic heterocycles. The van der Waals surface area contributed by atoms with Gasteiger partial charge in [-0.05, 0) is 11.5 Å². The van der Waals surface area contributed by atoms with Crippen molar-refractivity contribution in [3.05, 3.63) is 5.38 Å². The Morgan fingerprint density at radius 3 is 2.88 bits per heavy atom. The van der Waals surface area contributed by atoms with Crippen LogP contribution in [-0.2, 0) is 0 Å². The molecule has 44 valence electrons. The van der Waals surface area contributed by atoms with Crippen LogP contribution in [0.5, 0.6) is 0 Å². The molecule has 0 saturated carbocycles. The van der Waals surface area contributed by atoms with Crippen molar-refractivity contribution in [1.82, 2.24) is 9.59 Å². The van der Waals surface area contributed by atoms with Crippen LogP contribution in [-0.4, -0.2) is 16.6 Å². The van der Waals surface area contributed by atoms with Gasteiger partial charge < -0.3 is 4.31 Å². The third kappa shape index (κ3) is 1.10. The number of anilines is 1. The monoisotopic (exact) mass is 147 g/mol. The van der Waals surface area contributed by atoms with Gasteiger partial charge in [0.05, 0.1) is 5.38 Å². The van der Waals surface area contributed by atoms with Crippen LogP contribution in [0.4, 0.5) is 5.82 Å². The fraction of sp³-hybridized carbons (Fsp3) is 0.333. The number of hydrogen-bond acceptors (Lipinski definition) is 5. The first-order chi connectivity index (χ1) is 3.80. The second-order valence-electron chi connectivity index (χ2n) is 1.29. The van der Waals surface area contributed by atoms with E-state index < -0.39 is 0 Å². The maximum absolute atomic E-state index is 3.99. The van der Waals surface area contributed by atoms with Crippen molar-refractivity contribution in [2.75, 3.05) is 11.4 Å². The lowest BCUT2D eigenvalue weighted by Gasteiger charge is -2.01. The molecular formula is C3H5N3S2. The predicted octanol–water partition coefficient (Wildman–Crippen LogP) is 0.819. The Hall–Kier alpha value is -0.290. The second-order valence-corrected chi connectivity index (χ2v) is 2.50. The van der Waals surface area contributed by atoms with E-state index >= 15 is 0 Å². The average Bonchev–Trinajstić information content (AvgIpc) is 2.12. The molecule has 0 fully saturated rings. The molecule has 0 N–H and O–H groups in total. The molecule has 0 bridgehead atoms. The van der Waals surface area contributed by atoms with Crippen molar-refractivity contribution in [1.29, 1.82) is 0 Å². The largest absolute Gasteiger partial charge is 0.304 e. The van der Waals surface area contributed by atoms with E-state index in [1.165, 1.54) is 11.5 Å². The third-order valence-electron chi connectivity index (χ3n) is 0.680. The van der Waals surface area contributed by atoms with E-state index in [2.05, 4.69) is 22.4 Å². The number of nitrogens with zero attached hydrogens (tertiary/aromatic N) is 3. The van der Waals surface area contributed by atoms with Crippen LogP contribution in [0.2, 0.25) is 0 Å².